The molecule has 0 radical (unpaired) electrons. The van der Waals surface area contributed by atoms with Crippen LogP contribution in [0.5, 0.6) is 0 Å². The highest BCUT2D eigenvalue weighted by Gasteiger charge is 2.34. The van der Waals surface area contributed by atoms with Gasteiger partial charge in [-0.1, -0.05) is 20.8 Å². The van der Waals surface area contributed by atoms with Crippen molar-refractivity contribution < 1.29 is 14.3 Å². The average Bonchev–Trinajstić information content (AvgIpc) is 2.43. The van der Waals surface area contributed by atoms with Gasteiger partial charge in [0.25, 0.3) is 0 Å². The highest BCUT2D eigenvalue weighted by molar-refractivity contribution is 5.82. The van der Waals surface area contributed by atoms with Crippen LogP contribution in [0.15, 0.2) is 4.99 Å². The largest absolute Gasteiger partial charge is 0.444 e. The smallest absolute Gasteiger partial charge is 0.410 e. The number of likely N-dealkylation sites (tertiary alicyclic amines) is 1. The van der Waals surface area contributed by atoms with Crippen molar-refractivity contribution in [3.63, 3.8) is 0 Å². The fourth-order valence-electron chi connectivity index (χ4n) is 2.16. The first-order valence-electron chi connectivity index (χ1n) is 9.23. The van der Waals surface area contributed by atoms with Gasteiger partial charge in [-0.2, -0.15) is 0 Å². The molecule has 1 fully saturated rings. The summed E-state index contributed by atoms with van der Waals surface area (Å²) in [7, 11) is 0. The Morgan fingerprint density at radius 1 is 1.12 bits per heavy atom. The predicted octanol–water partition coefficient (Wildman–Crippen LogP) is 1.32. The Bertz CT molecular complexity index is 514. The molecule has 1 saturated heterocycles. The van der Waals surface area contributed by atoms with Gasteiger partial charge < -0.3 is 25.6 Å². The van der Waals surface area contributed by atoms with Gasteiger partial charge in [0.1, 0.15) is 5.60 Å². The minimum Gasteiger partial charge on any atom is -0.444 e. The molecule has 0 aromatic carbocycles. The van der Waals surface area contributed by atoms with Gasteiger partial charge >= 0.3 is 6.09 Å². The monoisotopic (exact) mass is 369 g/mol. The maximum absolute atomic E-state index is 11.9. The Kier molecular flexibility index (Phi) is 7.71. The maximum Gasteiger partial charge on any atom is 0.410 e. The Morgan fingerprint density at radius 2 is 1.73 bits per heavy atom. The van der Waals surface area contributed by atoms with E-state index in [9.17, 15) is 9.59 Å². The van der Waals surface area contributed by atoms with Gasteiger partial charge in [-0.3, -0.25) is 9.79 Å². The highest BCUT2D eigenvalue weighted by atomic mass is 16.6. The van der Waals surface area contributed by atoms with E-state index < -0.39 is 11.0 Å². The minimum atomic E-state index is -0.483. The molecule has 1 heterocycles. The summed E-state index contributed by atoms with van der Waals surface area (Å²) in [6.07, 6.45) is -0.289. The fraction of sp³-hybridized carbons (Fsp3) is 0.833. The van der Waals surface area contributed by atoms with Crippen LogP contribution < -0.4 is 16.0 Å². The van der Waals surface area contributed by atoms with Crippen LogP contribution in [0.1, 0.15) is 48.5 Å². The molecule has 0 bridgehead atoms. The molecule has 1 rings (SSSR count). The van der Waals surface area contributed by atoms with Crippen LogP contribution in [-0.2, 0) is 9.53 Å². The fourth-order valence-corrected chi connectivity index (χ4v) is 2.16. The lowest BCUT2D eigenvalue weighted by atomic mass is 9.96. The Labute approximate surface area is 157 Å². The van der Waals surface area contributed by atoms with Crippen molar-refractivity contribution in [3.8, 4) is 0 Å². The molecular formula is C18H35N5O3. The average molecular weight is 370 g/mol. The van der Waals surface area contributed by atoms with Gasteiger partial charge in [0.15, 0.2) is 5.96 Å². The third-order valence-electron chi connectivity index (χ3n) is 3.57. The van der Waals surface area contributed by atoms with Gasteiger partial charge in [-0.25, -0.2) is 4.79 Å². The lowest BCUT2D eigenvalue weighted by Crippen LogP contribution is -2.63. The summed E-state index contributed by atoms with van der Waals surface area (Å²) in [5, 5.41) is 9.35. The summed E-state index contributed by atoms with van der Waals surface area (Å²) in [5.41, 5.74) is -0.882. The second-order valence-electron chi connectivity index (χ2n) is 8.49. The first kappa shape index (κ1) is 22.1. The van der Waals surface area contributed by atoms with Crippen molar-refractivity contribution in [2.24, 2.45) is 10.4 Å². The van der Waals surface area contributed by atoms with Crippen LogP contribution in [0.4, 0.5) is 4.79 Å². The van der Waals surface area contributed by atoms with E-state index in [2.05, 4.69) is 20.9 Å². The number of guanidine groups is 1. The quantitative estimate of drug-likeness (QED) is 0.386. The van der Waals surface area contributed by atoms with Gasteiger partial charge in [0.2, 0.25) is 5.91 Å². The minimum absolute atomic E-state index is 0.0117. The number of amides is 2. The lowest BCUT2D eigenvalue weighted by molar-refractivity contribution is -0.128. The molecule has 0 saturated carbocycles. The second kappa shape index (κ2) is 9.09. The van der Waals surface area contributed by atoms with E-state index in [1.165, 1.54) is 0 Å². The molecule has 26 heavy (non-hydrogen) atoms. The summed E-state index contributed by atoms with van der Waals surface area (Å²) in [6, 6.07) is 0.143. The van der Waals surface area contributed by atoms with E-state index in [1.807, 2.05) is 48.5 Å². The van der Waals surface area contributed by atoms with Crippen LogP contribution >= 0.6 is 0 Å². The number of nitrogens with one attached hydrogen (secondary N) is 3. The van der Waals surface area contributed by atoms with Gasteiger partial charge in [0, 0.05) is 31.6 Å². The molecule has 0 aromatic heterocycles. The number of hydrogen-bond acceptors (Lipinski definition) is 4. The number of rotatable bonds is 5. The van der Waals surface area contributed by atoms with Crippen molar-refractivity contribution in [2.45, 2.75) is 60.1 Å². The second-order valence-corrected chi connectivity index (χ2v) is 8.49. The number of ether oxygens (including phenoxy) is 1. The summed E-state index contributed by atoms with van der Waals surface area (Å²) >= 11 is 0. The number of nitrogens with zero attached hydrogens (tertiary/aromatic N) is 2. The molecule has 8 nitrogen and oxygen atoms in total. The standard InChI is InChI=1S/C18H35N5O3/c1-8-19-15(21-10-9-20-14(24)17(2,3)4)22-13-11-23(12-13)16(25)26-18(5,6)7/h13H,8-12H2,1-7H3,(H,20,24)(H2,19,21,22). The van der Waals surface area contributed by atoms with Gasteiger partial charge in [0.05, 0.1) is 12.6 Å². The van der Waals surface area contributed by atoms with E-state index in [0.717, 1.165) is 6.54 Å². The SMILES string of the molecule is CCNC(=NCCNC(=O)C(C)(C)C)NC1CN(C(=O)OC(C)(C)C)C1. The summed E-state index contributed by atoms with van der Waals surface area (Å²) in [5.74, 6) is 0.698. The van der Waals surface area contributed by atoms with E-state index >= 15 is 0 Å². The number of carbonyl (C=O) groups excluding carboxylic acids is 2. The third-order valence-corrected chi connectivity index (χ3v) is 3.57. The molecule has 0 aromatic rings. The molecule has 150 valence electrons. The number of hydrogen-bond donors (Lipinski definition) is 3. The van der Waals surface area contributed by atoms with E-state index in [4.69, 9.17) is 4.74 Å². The first-order chi connectivity index (χ1) is 11.9. The van der Waals surface area contributed by atoms with E-state index in [1.54, 1.807) is 4.90 Å². The van der Waals surface area contributed by atoms with Crippen LogP contribution in [0.2, 0.25) is 0 Å². The molecule has 1 aliphatic heterocycles. The van der Waals surface area contributed by atoms with Crippen LogP contribution in [0, 0.1) is 5.41 Å². The summed E-state index contributed by atoms with van der Waals surface area (Å²) in [6.45, 7) is 16.1. The summed E-state index contributed by atoms with van der Waals surface area (Å²) < 4.78 is 5.34. The van der Waals surface area contributed by atoms with Crippen molar-refractivity contribution in [3.05, 3.63) is 0 Å². The van der Waals surface area contributed by atoms with Crippen molar-refractivity contribution >= 4 is 18.0 Å². The highest BCUT2D eigenvalue weighted by Crippen LogP contribution is 2.15. The Hall–Kier alpha value is -1.99. The summed E-state index contributed by atoms with van der Waals surface area (Å²) in [4.78, 5) is 29.9. The third kappa shape index (κ3) is 7.93. The predicted molar refractivity (Wildman–Crippen MR) is 103 cm³/mol. The lowest BCUT2D eigenvalue weighted by Gasteiger charge is -2.40. The van der Waals surface area contributed by atoms with E-state index in [-0.39, 0.29) is 18.0 Å². The van der Waals surface area contributed by atoms with Gasteiger partial charge in [-0.15, -0.1) is 0 Å². The van der Waals surface area contributed by atoms with Crippen molar-refractivity contribution in [2.75, 3.05) is 32.7 Å². The van der Waals surface area contributed by atoms with Crippen molar-refractivity contribution in [1.29, 1.82) is 0 Å². The van der Waals surface area contributed by atoms with Crippen LogP contribution in [0.25, 0.3) is 0 Å². The Morgan fingerprint density at radius 3 is 2.23 bits per heavy atom. The number of carbonyl (C=O) groups is 2. The molecular weight excluding hydrogens is 334 g/mol. The topological polar surface area (TPSA) is 95.1 Å². The molecule has 8 heteroatoms. The molecule has 1 aliphatic rings. The van der Waals surface area contributed by atoms with Crippen molar-refractivity contribution in [1.82, 2.24) is 20.9 Å². The van der Waals surface area contributed by atoms with Crippen LogP contribution in [-0.4, -0.2) is 67.2 Å². The zero-order valence-electron chi connectivity index (χ0n) is 17.2. The molecule has 0 spiro atoms. The molecule has 0 aliphatic carbocycles. The molecule has 2 amide bonds. The Balaban J connectivity index is 2.38. The first-order valence-corrected chi connectivity index (χ1v) is 9.23. The number of aliphatic imine (C=N–C) groups is 1. The molecule has 3 N–H and O–H groups in total. The van der Waals surface area contributed by atoms with Crippen LogP contribution in [0.3, 0.4) is 0 Å². The van der Waals surface area contributed by atoms with Gasteiger partial charge in [-0.05, 0) is 27.7 Å². The zero-order valence-corrected chi connectivity index (χ0v) is 17.2. The molecule has 0 atom stereocenters. The zero-order chi connectivity index (χ0) is 20.0. The molecule has 0 unspecified atom stereocenters. The maximum atomic E-state index is 11.9. The van der Waals surface area contributed by atoms with E-state index in [0.29, 0.717) is 32.1 Å². The normalized spacial score (nSPS) is 16.0.